The van der Waals surface area contributed by atoms with Crippen LogP contribution in [0, 0.1) is 13.8 Å². The summed E-state index contributed by atoms with van der Waals surface area (Å²) in [5.74, 6) is 1.82. The summed E-state index contributed by atoms with van der Waals surface area (Å²) in [7, 11) is 2.06. The number of thiophene rings is 1. The molecule has 0 saturated heterocycles. The van der Waals surface area contributed by atoms with E-state index >= 15 is 0 Å². The molecular weight excluding hydrogens is 296 g/mol. The zero-order valence-electron chi connectivity index (χ0n) is 13.7. The maximum Gasteiger partial charge on any atom is 0.193 e. The molecule has 0 radical (unpaired) electrons. The van der Waals surface area contributed by atoms with E-state index in [0.717, 1.165) is 43.5 Å². The molecule has 2 rings (SSSR count). The van der Waals surface area contributed by atoms with E-state index in [1.54, 1.807) is 11.3 Å². The first-order chi connectivity index (χ1) is 10.6. The van der Waals surface area contributed by atoms with E-state index in [0.29, 0.717) is 0 Å². The van der Waals surface area contributed by atoms with Gasteiger partial charge in [0.05, 0.1) is 5.69 Å². The van der Waals surface area contributed by atoms with Gasteiger partial charge in [0.1, 0.15) is 5.76 Å². The fourth-order valence-corrected chi connectivity index (χ4v) is 2.99. The van der Waals surface area contributed by atoms with Gasteiger partial charge in [-0.15, -0.1) is 0 Å². The zero-order valence-corrected chi connectivity index (χ0v) is 14.5. The molecule has 0 bridgehead atoms. The highest BCUT2D eigenvalue weighted by Gasteiger charge is 2.10. The summed E-state index contributed by atoms with van der Waals surface area (Å²) in [6, 6.07) is 2.15. The number of aryl methyl sites for hydroxylation is 2. The minimum Gasteiger partial charge on any atom is -0.361 e. The van der Waals surface area contributed by atoms with Crippen LogP contribution in [0.5, 0.6) is 0 Å². The Morgan fingerprint density at radius 2 is 2.27 bits per heavy atom. The molecule has 0 aliphatic heterocycles. The van der Waals surface area contributed by atoms with Gasteiger partial charge >= 0.3 is 0 Å². The van der Waals surface area contributed by atoms with Crippen molar-refractivity contribution in [3.63, 3.8) is 0 Å². The number of rotatable bonds is 6. The summed E-state index contributed by atoms with van der Waals surface area (Å²) in [5.41, 5.74) is 3.44. The second-order valence-electron chi connectivity index (χ2n) is 5.28. The zero-order chi connectivity index (χ0) is 15.9. The van der Waals surface area contributed by atoms with Gasteiger partial charge in [-0.1, -0.05) is 5.16 Å². The molecule has 22 heavy (non-hydrogen) atoms. The van der Waals surface area contributed by atoms with Gasteiger partial charge in [0.25, 0.3) is 0 Å². The largest absolute Gasteiger partial charge is 0.361 e. The van der Waals surface area contributed by atoms with Crippen molar-refractivity contribution in [1.82, 2.24) is 15.4 Å². The van der Waals surface area contributed by atoms with Crippen molar-refractivity contribution in [2.75, 3.05) is 20.1 Å². The van der Waals surface area contributed by atoms with Gasteiger partial charge in [0.15, 0.2) is 5.96 Å². The van der Waals surface area contributed by atoms with Crippen molar-refractivity contribution in [3.05, 3.63) is 39.4 Å². The smallest absolute Gasteiger partial charge is 0.193 e. The van der Waals surface area contributed by atoms with Crippen molar-refractivity contribution in [3.8, 4) is 0 Å². The van der Waals surface area contributed by atoms with Crippen molar-refractivity contribution in [2.24, 2.45) is 4.99 Å². The van der Waals surface area contributed by atoms with Crippen LogP contribution in [0.1, 0.15) is 29.5 Å². The lowest BCUT2D eigenvalue weighted by Crippen LogP contribution is -2.38. The molecule has 0 aliphatic rings. The van der Waals surface area contributed by atoms with Gasteiger partial charge in [-0.3, -0.25) is 4.99 Å². The molecular formula is C16H24N4OS. The molecule has 2 heterocycles. The number of nitrogens with one attached hydrogen (secondary N) is 1. The number of hydrogen-bond donors (Lipinski definition) is 1. The summed E-state index contributed by atoms with van der Waals surface area (Å²) < 4.78 is 5.19. The van der Waals surface area contributed by atoms with E-state index < -0.39 is 0 Å². The fraction of sp³-hybridized carbons (Fsp3) is 0.500. The van der Waals surface area contributed by atoms with E-state index in [2.05, 4.69) is 46.2 Å². The Balaban J connectivity index is 1.97. The molecule has 2 aromatic heterocycles. The van der Waals surface area contributed by atoms with Crippen LogP contribution >= 0.6 is 11.3 Å². The van der Waals surface area contributed by atoms with Crippen LogP contribution in [0.3, 0.4) is 0 Å². The highest BCUT2D eigenvalue weighted by molar-refractivity contribution is 7.07. The summed E-state index contributed by atoms with van der Waals surface area (Å²) in [5, 5.41) is 11.6. The first-order valence-corrected chi connectivity index (χ1v) is 8.48. The van der Waals surface area contributed by atoms with Crippen LogP contribution in [-0.4, -0.2) is 36.2 Å². The molecule has 0 aliphatic carbocycles. The first-order valence-electron chi connectivity index (χ1n) is 7.54. The summed E-state index contributed by atoms with van der Waals surface area (Å²) >= 11 is 1.72. The number of hydrogen-bond acceptors (Lipinski definition) is 4. The van der Waals surface area contributed by atoms with Crippen molar-refractivity contribution in [2.45, 2.75) is 33.7 Å². The first kappa shape index (κ1) is 16.5. The molecule has 0 amide bonds. The molecule has 1 N–H and O–H groups in total. The van der Waals surface area contributed by atoms with Gasteiger partial charge in [-0.25, -0.2) is 0 Å². The Morgan fingerprint density at radius 1 is 1.45 bits per heavy atom. The minimum absolute atomic E-state index is 0.721. The van der Waals surface area contributed by atoms with Gasteiger partial charge in [0.2, 0.25) is 0 Å². The predicted molar refractivity (Wildman–Crippen MR) is 91.4 cm³/mol. The lowest BCUT2D eigenvalue weighted by atomic mass is 10.1. The Morgan fingerprint density at radius 3 is 2.86 bits per heavy atom. The number of aliphatic imine (C=N–C) groups is 1. The molecule has 6 heteroatoms. The third-order valence-corrected chi connectivity index (χ3v) is 4.23. The predicted octanol–water partition coefficient (Wildman–Crippen LogP) is 2.99. The Bertz CT molecular complexity index is 584. The maximum atomic E-state index is 5.19. The SMILES string of the molecule is CCNC(=NCCc1c(C)noc1C)N(C)Cc1ccsc1. The van der Waals surface area contributed by atoms with Gasteiger partial charge in [-0.2, -0.15) is 11.3 Å². The van der Waals surface area contributed by atoms with Crippen molar-refractivity contribution < 1.29 is 4.52 Å². The standard InChI is InChI=1S/C16H24N4OS/c1-5-17-16(20(4)10-14-7-9-22-11-14)18-8-6-15-12(2)19-21-13(15)3/h7,9,11H,5-6,8,10H2,1-4H3,(H,17,18). The number of aromatic nitrogens is 1. The van der Waals surface area contributed by atoms with E-state index in [4.69, 9.17) is 9.52 Å². The Labute approximate surface area is 136 Å². The van der Waals surface area contributed by atoms with E-state index in [9.17, 15) is 0 Å². The normalized spacial score (nSPS) is 11.7. The monoisotopic (exact) mass is 320 g/mol. The van der Waals surface area contributed by atoms with Crippen LogP contribution in [0.25, 0.3) is 0 Å². The minimum atomic E-state index is 0.721. The number of guanidine groups is 1. The van der Waals surface area contributed by atoms with Crippen LogP contribution in [0.2, 0.25) is 0 Å². The highest BCUT2D eigenvalue weighted by Crippen LogP contribution is 2.13. The molecule has 0 fully saturated rings. The van der Waals surface area contributed by atoms with Gasteiger partial charge < -0.3 is 14.7 Å². The molecule has 120 valence electrons. The van der Waals surface area contributed by atoms with E-state index in [-0.39, 0.29) is 0 Å². The van der Waals surface area contributed by atoms with Crippen LogP contribution in [0.15, 0.2) is 26.3 Å². The van der Waals surface area contributed by atoms with Crippen molar-refractivity contribution in [1.29, 1.82) is 0 Å². The van der Waals surface area contributed by atoms with E-state index in [1.165, 1.54) is 11.1 Å². The third-order valence-electron chi connectivity index (χ3n) is 3.50. The van der Waals surface area contributed by atoms with Crippen molar-refractivity contribution >= 4 is 17.3 Å². The fourth-order valence-electron chi connectivity index (χ4n) is 2.33. The molecule has 2 aromatic rings. The molecule has 0 atom stereocenters. The number of nitrogens with zero attached hydrogens (tertiary/aromatic N) is 3. The Kier molecular flexibility index (Phi) is 6.00. The van der Waals surface area contributed by atoms with Crippen LogP contribution < -0.4 is 5.32 Å². The van der Waals surface area contributed by atoms with Gasteiger partial charge in [0, 0.05) is 32.2 Å². The summed E-state index contributed by atoms with van der Waals surface area (Å²) in [6.45, 7) is 8.45. The van der Waals surface area contributed by atoms with Gasteiger partial charge in [-0.05, 0) is 49.6 Å². The molecule has 0 saturated carbocycles. The van der Waals surface area contributed by atoms with Crippen LogP contribution in [-0.2, 0) is 13.0 Å². The average molecular weight is 320 g/mol. The summed E-state index contributed by atoms with van der Waals surface area (Å²) in [6.07, 6.45) is 0.850. The molecule has 0 spiro atoms. The average Bonchev–Trinajstić information content (AvgIpc) is 3.10. The Hall–Kier alpha value is -1.82. The lowest BCUT2D eigenvalue weighted by molar-refractivity contribution is 0.392. The maximum absolute atomic E-state index is 5.19. The topological polar surface area (TPSA) is 53.7 Å². The quantitative estimate of drug-likeness (QED) is 0.657. The van der Waals surface area contributed by atoms with Crippen LogP contribution in [0.4, 0.5) is 0 Å². The summed E-state index contributed by atoms with van der Waals surface area (Å²) in [4.78, 5) is 6.87. The second kappa shape index (κ2) is 7.98. The molecule has 5 nitrogen and oxygen atoms in total. The highest BCUT2D eigenvalue weighted by atomic mass is 32.1. The lowest BCUT2D eigenvalue weighted by Gasteiger charge is -2.21. The molecule has 0 unspecified atom stereocenters. The van der Waals surface area contributed by atoms with E-state index in [1.807, 2.05) is 13.8 Å². The second-order valence-corrected chi connectivity index (χ2v) is 6.06. The third kappa shape index (κ3) is 4.34. The molecule has 0 aromatic carbocycles.